The number of hydrogen-bond donors (Lipinski definition) is 1. The first kappa shape index (κ1) is 14.5. The second-order valence-corrected chi connectivity index (χ2v) is 5.33. The van der Waals surface area contributed by atoms with E-state index in [0.717, 1.165) is 17.3 Å². The second-order valence-electron chi connectivity index (χ2n) is 4.36. The maximum atomic E-state index is 11.9. The van der Waals surface area contributed by atoms with Crippen LogP contribution in [0.1, 0.15) is 25.8 Å². The van der Waals surface area contributed by atoms with Gasteiger partial charge in [-0.3, -0.25) is 4.79 Å². The van der Waals surface area contributed by atoms with Crippen LogP contribution in [-0.4, -0.2) is 16.8 Å². The zero-order valence-corrected chi connectivity index (χ0v) is 12.4. The van der Waals surface area contributed by atoms with Crippen molar-refractivity contribution in [1.82, 2.24) is 5.32 Å². The molecule has 0 aliphatic rings. The lowest BCUT2D eigenvalue weighted by molar-refractivity contribution is -0.122. The minimum atomic E-state index is -0.196. The highest BCUT2D eigenvalue weighted by molar-refractivity contribution is 9.09. The van der Waals surface area contributed by atoms with Crippen LogP contribution in [0.2, 0.25) is 5.02 Å². The van der Waals surface area contributed by atoms with Gasteiger partial charge in [0.15, 0.2) is 0 Å². The molecule has 0 heterocycles. The van der Waals surface area contributed by atoms with Crippen LogP contribution in [0, 0.1) is 0 Å². The number of amides is 1. The molecule has 1 amide bonds. The van der Waals surface area contributed by atoms with E-state index in [4.69, 9.17) is 11.6 Å². The summed E-state index contributed by atoms with van der Waals surface area (Å²) in [6, 6.07) is 7.42. The summed E-state index contributed by atoms with van der Waals surface area (Å²) in [6.45, 7) is 4.07. The molecule has 0 saturated heterocycles. The molecule has 0 aliphatic heterocycles. The Bertz CT molecular complexity index is 391. The number of hydrogen-bond acceptors (Lipinski definition) is 1. The fourth-order valence-electron chi connectivity index (χ4n) is 1.41. The first-order valence-corrected chi connectivity index (χ1v) is 7.11. The van der Waals surface area contributed by atoms with Crippen molar-refractivity contribution < 1.29 is 4.79 Å². The van der Waals surface area contributed by atoms with Crippen molar-refractivity contribution in [3.05, 3.63) is 34.9 Å². The number of carbonyl (C=O) groups excluding carboxylic acids is 1. The van der Waals surface area contributed by atoms with Crippen molar-refractivity contribution >= 4 is 33.4 Å². The first-order chi connectivity index (χ1) is 8.00. The highest BCUT2D eigenvalue weighted by Crippen LogP contribution is 2.17. The van der Waals surface area contributed by atoms with Gasteiger partial charge in [0.2, 0.25) is 5.91 Å². The van der Waals surface area contributed by atoms with E-state index in [-0.39, 0.29) is 11.4 Å². The molecule has 2 nitrogen and oxygen atoms in total. The highest BCUT2D eigenvalue weighted by Gasteiger charge is 2.22. The summed E-state index contributed by atoms with van der Waals surface area (Å²) >= 11 is 9.44. The van der Waals surface area contributed by atoms with Gasteiger partial charge in [-0.25, -0.2) is 0 Å². The van der Waals surface area contributed by atoms with Gasteiger partial charge in [0.1, 0.15) is 0 Å². The smallest absolute Gasteiger partial charge is 0.224 e. The molecule has 4 heteroatoms. The summed E-state index contributed by atoms with van der Waals surface area (Å²) < 4.78 is 0. The number of nitrogens with one attached hydrogen (secondary N) is 1. The lowest BCUT2D eigenvalue weighted by Crippen LogP contribution is -2.47. The van der Waals surface area contributed by atoms with Crippen molar-refractivity contribution in [3.8, 4) is 0 Å². The van der Waals surface area contributed by atoms with Crippen molar-refractivity contribution in [3.63, 3.8) is 0 Å². The van der Waals surface area contributed by atoms with E-state index in [1.165, 1.54) is 0 Å². The van der Waals surface area contributed by atoms with E-state index in [1.807, 2.05) is 25.1 Å². The summed E-state index contributed by atoms with van der Waals surface area (Å²) in [5.41, 5.74) is 0.665. The predicted octanol–water partition coefficient (Wildman–Crippen LogP) is 3.56. The van der Waals surface area contributed by atoms with E-state index in [9.17, 15) is 4.79 Å². The first-order valence-electron chi connectivity index (χ1n) is 5.61. The molecule has 0 saturated carbocycles. The second kappa shape index (κ2) is 6.41. The molecule has 17 heavy (non-hydrogen) atoms. The van der Waals surface area contributed by atoms with Gasteiger partial charge in [0, 0.05) is 15.9 Å². The molecular weight excluding hydrogens is 302 g/mol. The molecule has 1 N–H and O–H groups in total. The van der Waals surface area contributed by atoms with Crippen LogP contribution < -0.4 is 5.32 Å². The van der Waals surface area contributed by atoms with Gasteiger partial charge in [-0.2, -0.15) is 0 Å². The number of benzene rings is 1. The number of rotatable bonds is 5. The molecule has 0 aliphatic carbocycles. The summed E-state index contributed by atoms with van der Waals surface area (Å²) in [5, 5.41) is 4.40. The standard InChI is InChI=1S/C13H17BrClNO/c1-3-13(2,9-14)16-12(17)8-10-6-4-5-7-11(10)15/h4-7H,3,8-9H2,1-2H3,(H,16,17). The van der Waals surface area contributed by atoms with Gasteiger partial charge in [-0.15, -0.1) is 0 Å². The maximum absolute atomic E-state index is 11.9. The zero-order valence-electron chi connectivity index (χ0n) is 10.1. The normalized spacial score (nSPS) is 14.1. The summed E-state index contributed by atoms with van der Waals surface area (Å²) in [6.07, 6.45) is 1.20. The van der Waals surface area contributed by atoms with Gasteiger partial charge in [-0.05, 0) is 25.0 Å². The van der Waals surface area contributed by atoms with Crippen molar-refractivity contribution in [2.24, 2.45) is 0 Å². The molecule has 1 aromatic rings. The van der Waals surface area contributed by atoms with Crippen LogP contribution in [-0.2, 0) is 11.2 Å². The Balaban J connectivity index is 2.65. The third-order valence-electron chi connectivity index (χ3n) is 2.83. The SMILES string of the molecule is CCC(C)(CBr)NC(=O)Cc1ccccc1Cl. The minimum absolute atomic E-state index is 0.00176. The summed E-state index contributed by atoms with van der Waals surface area (Å²) in [4.78, 5) is 11.9. The quantitative estimate of drug-likeness (QED) is 0.826. The molecule has 0 radical (unpaired) electrons. The molecule has 0 bridgehead atoms. The van der Waals surface area contributed by atoms with Crippen molar-refractivity contribution in [2.45, 2.75) is 32.2 Å². The molecule has 0 aromatic heterocycles. The van der Waals surface area contributed by atoms with Gasteiger partial charge >= 0.3 is 0 Å². The number of carbonyl (C=O) groups is 1. The van der Waals surface area contributed by atoms with Gasteiger partial charge in [-0.1, -0.05) is 52.7 Å². The van der Waals surface area contributed by atoms with Gasteiger partial charge < -0.3 is 5.32 Å². The van der Waals surface area contributed by atoms with E-state index in [2.05, 4.69) is 28.2 Å². The van der Waals surface area contributed by atoms with Crippen LogP contribution in [0.25, 0.3) is 0 Å². The van der Waals surface area contributed by atoms with Crippen LogP contribution in [0.15, 0.2) is 24.3 Å². The minimum Gasteiger partial charge on any atom is -0.350 e. The lowest BCUT2D eigenvalue weighted by atomic mass is 10.0. The Kier molecular flexibility index (Phi) is 5.47. The molecule has 1 rings (SSSR count). The maximum Gasteiger partial charge on any atom is 0.224 e. The molecular formula is C13H17BrClNO. The summed E-state index contributed by atoms with van der Waals surface area (Å²) in [7, 11) is 0. The molecule has 0 fully saturated rings. The fourth-order valence-corrected chi connectivity index (χ4v) is 2.15. The topological polar surface area (TPSA) is 29.1 Å². The van der Waals surface area contributed by atoms with Crippen molar-refractivity contribution in [1.29, 1.82) is 0 Å². The average molecular weight is 319 g/mol. The van der Waals surface area contributed by atoms with Crippen LogP contribution >= 0.6 is 27.5 Å². The third-order valence-corrected chi connectivity index (χ3v) is 4.43. The molecule has 94 valence electrons. The summed E-state index contributed by atoms with van der Waals surface area (Å²) in [5.74, 6) is 0.00176. The van der Waals surface area contributed by atoms with Crippen LogP contribution in [0.5, 0.6) is 0 Å². The van der Waals surface area contributed by atoms with E-state index < -0.39 is 0 Å². The van der Waals surface area contributed by atoms with E-state index in [0.29, 0.717) is 11.4 Å². The number of halogens is 2. The average Bonchev–Trinajstić information content (AvgIpc) is 2.32. The van der Waals surface area contributed by atoms with Gasteiger partial charge in [0.05, 0.1) is 6.42 Å². The largest absolute Gasteiger partial charge is 0.350 e. The molecule has 0 spiro atoms. The fraction of sp³-hybridized carbons (Fsp3) is 0.462. The van der Waals surface area contributed by atoms with Crippen molar-refractivity contribution in [2.75, 3.05) is 5.33 Å². The number of alkyl halides is 1. The molecule has 1 unspecified atom stereocenters. The van der Waals surface area contributed by atoms with E-state index in [1.54, 1.807) is 6.07 Å². The van der Waals surface area contributed by atoms with Crippen LogP contribution in [0.3, 0.4) is 0 Å². The molecule has 1 atom stereocenters. The zero-order chi connectivity index (χ0) is 12.9. The monoisotopic (exact) mass is 317 g/mol. The third kappa shape index (κ3) is 4.32. The Morgan fingerprint density at radius 1 is 1.47 bits per heavy atom. The lowest BCUT2D eigenvalue weighted by Gasteiger charge is -2.27. The molecule has 1 aromatic carbocycles. The Hall–Kier alpha value is -0.540. The van der Waals surface area contributed by atoms with Crippen LogP contribution in [0.4, 0.5) is 0 Å². The predicted molar refractivity (Wildman–Crippen MR) is 75.8 cm³/mol. The Labute approximate surface area is 116 Å². The Morgan fingerprint density at radius 3 is 2.65 bits per heavy atom. The Morgan fingerprint density at radius 2 is 2.12 bits per heavy atom. The van der Waals surface area contributed by atoms with Gasteiger partial charge in [0.25, 0.3) is 0 Å². The highest BCUT2D eigenvalue weighted by atomic mass is 79.9. The van der Waals surface area contributed by atoms with E-state index >= 15 is 0 Å².